The Morgan fingerprint density at radius 1 is 1.30 bits per heavy atom. The molecule has 6 nitrogen and oxygen atoms in total. The summed E-state index contributed by atoms with van der Waals surface area (Å²) in [7, 11) is 0. The van der Waals surface area contributed by atoms with E-state index in [9.17, 15) is 14.9 Å². The molecule has 1 aliphatic carbocycles. The molecule has 0 spiro atoms. The van der Waals surface area contributed by atoms with Crippen LogP contribution in [0, 0.1) is 15.5 Å². The van der Waals surface area contributed by atoms with E-state index in [0.29, 0.717) is 37.2 Å². The summed E-state index contributed by atoms with van der Waals surface area (Å²) in [6.45, 7) is 1.06. The summed E-state index contributed by atoms with van der Waals surface area (Å²) in [4.78, 5) is 25.3. The second kappa shape index (κ2) is 6.28. The fourth-order valence-corrected chi connectivity index (χ4v) is 4.02. The second-order valence-electron chi connectivity index (χ2n) is 6.77. The number of nitrogens with zero attached hydrogens (tertiary/aromatic N) is 2. The average Bonchev–Trinajstić information content (AvgIpc) is 2.99. The Bertz CT molecular complexity index is 624. The minimum atomic E-state index is -0.366. The van der Waals surface area contributed by atoms with Gasteiger partial charge in [-0.1, -0.05) is 25.3 Å². The molecule has 1 fully saturated rings. The van der Waals surface area contributed by atoms with Crippen LogP contribution in [-0.2, 0) is 11.2 Å². The van der Waals surface area contributed by atoms with Crippen molar-refractivity contribution in [3.63, 3.8) is 0 Å². The number of fused-ring (bicyclic) bond motifs is 1. The van der Waals surface area contributed by atoms with Crippen LogP contribution in [0.25, 0.3) is 0 Å². The van der Waals surface area contributed by atoms with Gasteiger partial charge in [0.1, 0.15) is 0 Å². The first kappa shape index (κ1) is 15.9. The van der Waals surface area contributed by atoms with Crippen molar-refractivity contribution in [2.45, 2.75) is 44.9 Å². The molecule has 6 heteroatoms. The number of rotatable bonds is 4. The van der Waals surface area contributed by atoms with E-state index in [1.807, 2.05) is 6.07 Å². The van der Waals surface area contributed by atoms with Gasteiger partial charge in [0, 0.05) is 19.0 Å². The Morgan fingerprint density at radius 2 is 2.04 bits per heavy atom. The van der Waals surface area contributed by atoms with Gasteiger partial charge in [0.2, 0.25) is 5.91 Å². The molecule has 23 heavy (non-hydrogen) atoms. The van der Waals surface area contributed by atoms with Crippen LogP contribution >= 0.6 is 0 Å². The third kappa shape index (κ3) is 2.95. The van der Waals surface area contributed by atoms with Crippen LogP contribution in [0.3, 0.4) is 0 Å². The number of hydrogen-bond donors (Lipinski definition) is 1. The molecule has 1 aromatic carbocycles. The first-order chi connectivity index (χ1) is 11.1. The molecule has 2 aliphatic rings. The van der Waals surface area contributed by atoms with Crippen molar-refractivity contribution in [3.05, 3.63) is 33.9 Å². The average molecular weight is 317 g/mol. The maximum Gasteiger partial charge on any atom is 0.274 e. The Hall–Kier alpha value is -1.95. The van der Waals surface area contributed by atoms with Gasteiger partial charge in [0.25, 0.3) is 5.69 Å². The standard InChI is InChI=1S/C17H23N3O3/c18-12-17(8-2-1-3-9-17)11-16(21)19-10-7-13-14(19)5-4-6-15(13)20(22)23/h4-6H,1-3,7-12,18H2. The van der Waals surface area contributed by atoms with Crippen molar-refractivity contribution >= 4 is 17.3 Å². The van der Waals surface area contributed by atoms with Crippen molar-refractivity contribution in [2.75, 3.05) is 18.0 Å². The molecule has 1 heterocycles. The second-order valence-corrected chi connectivity index (χ2v) is 6.77. The summed E-state index contributed by atoms with van der Waals surface area (Å²) in [5.41, 5.74) is 7.39. The monoisotopic (exact) mass is 317 g/mol. The summed E-state index contributed by atoms with van der Waals surface area (Å²) in [5, 5.41) is 11.1. The maximum absolute atomic E-state index is 12.8. The van der Waals surface area contributed by atoms with Crippen LogP contribution in [0.1, 0.15) is 44.1 Å². The normalized spacial score (nSPS) is 19.4. The quantitative estimate of drug-likeness (QED) is 0.683. The van der Waals surface area contributed by atoms with E-state index in [2.05, 4.69) is 0 Å². The number of nitrogens with two attached hydrogens (primary N) is 1. The predicted molar refractivity (Wildman–Crippen MR) is 88.3 cm³/mol. The number of carbonyl (C=O) groups excluding carboxylic acids is 1. The topological polar surface area (TPSA) is 89.5 Å². The predicted octanol–water partition coefficient (Wildman–Crippen LogP) is 2.78. The largest absolute Gasteiger partial charge is 0.330 e. The van der Waals surface area contributed by atoms with Crippen LogP contribution in [0.15, 0.2) is 18.2 Å². The summed E-state index contributed by atoms with van der Waals surface area (Å²) in [6.07, 6.45) is 6.49. The zero-order chi connectivity index (χ0) is 16.4. The summed E-state index contributed by atoms with van der Waals surface area (Å²) >= 11 is 0. The lowest BCUT2D eigenvalue weighted by Gasteiger charge is -2.36. The summed E-state index contributed by atoms with van der Waals surface area (Å²) < 4.78 is 0. The number of nitro benzene ring substituents is 1. The fourth-order valence-electron chi connectivity index (χ4n) is 4.02. The zero-order valence-corrected chi connectivity index (χ0v) is 13.3. The van der Waals surface area contributed by atoms with Gasteiger partial charge in [-0.2, -0.15) is 0 Å². The van der Waals surface area contributed by atoms with Crippen LogP contribution in [0.2, 0.25) is 0 Å². The highest BCUT2D eigenvalue weighted by Crippen LogP contribution is 2.41. The van der Waals surface area contributed by atoms with Gasteiger partial charge in [-0.05, 0) is 37.3 Å². The molecule has 0 unspecified atom stereocenters. The third-order valence-electron chi connectivity index (χ3n) is 5.37. The van der Waals surface area contributed by atoms with Crippen LogP contribution in [0.4, 0.5) is 11.4 Å². The van der Waals surface area contributed by atoms with Gasteiger partial charge in [0.05, 0.1) is 16.2 Å². The number of anilines is 1. The minimum Gasteiger partial charge on any atom is -0.330 e. The van der Waals surface area contributed by atoms with Crippen LogP contribution in [0.5, 0.6) is 0 Å². The SMILES string of the molecule is NCC1(CC(=O)N2CCc3c2cccc3[N+](=O)[O-])CCCCC1. The van der Waals surface area contributed by atoms with Gasteiger partial charge in [-0.25, -0.2) is 0 Å². The molecule has 3 rings (SSSR count). The summed E-state index contributed by atoms with van der Waals surface area (Å²) in [6, 6.07) is 4.97. The third-order valence-corrected chi connectivity index (χ3v) is 5.37. The van der Waals surface area contributed by atoms with E-state index in [4.69, 9.17) is 5.73 Å². The van der Waals surface area contributed by atoms with E-state index in [-0.39, 0.29) is 21.9 Å². The van der Waals surface area contributed by atoms with Crippen molar-refractivity contribution in [2.24, 2.45) is 11.1 Å². The Kier molecular flexibility index (Phi) is 4.35. The Labute approximate surface area is 135 Å². The molecule has 1 aromatic rings. The molecule has 1 saturated carbocycles. The first-order valence-corrected chi connectivity index (χ1v) is 8.33. The highest BCUT2D eigenvalue weighted by Gasteiger charge is 2.37. The molecule has 0 aromatic heterocycles. The number of carbonyl (C=O) groups is 1. The molecule has 2 N–H and O–H groups in total. The minimum absolute atomic E-state index is 0.0524. The fraction of sp³-hybridized carbons (Fsp3) is 0.588. The van der Waals surface area contributed by atoms with Crippen LogP contribution < -0.4 is 10.6 Å². The van der Waals surface area contributed by atoms with Crippen LogP contribution in [-0.4, -0.2) is 23.9 Å². The van der Waals surface area contributed by atoms with Gasteiger partial charge in [0.15, 0.2) is 0 Å². The molecule has 124 valence electrons. The maximum atomic E-state index is 12.8. The molecule has 0 atom stereocenters. The number of nitro groups is 1. The molecule has 1 aliphatic heterocycles. The van der Waals surface area contributed by atoms with Gasteiger partial charge >= 0.3 is 0 Å². The van der Waals surface area contributed by atoms with E-state index in [0.717, 1.165) is 25.7 Å². The van der Waals surface area contributed by atoms with E-state index in [1.54, 1.807) is 11.0 Å². The molecular weight excluding hydrogens is 294 g/mol. The summed E-state index contributed by atoms with van der Waals surface area (Å²) in [5.74, 6) is 0.0524. The zero-order valence-electron chi connectivity index (χ0n) is 13.3. The van der Waals surface area contributed by atoms with Crippen molar-refractivity contribution in [3.8, 4) is 0 Å². The highest BCUT2D eigenvalue weighted by atomic mass is 16.6. The van der Waals surface area contributed by atoms with Crippen molar-refractivity contribution < 1.29 is 9.72 Å². The number of benzene rings is 1. The Morgan fingerprint density at radius 3 is 2.70 bits per heavy atom. The molecule has 0 radical (unpaired) electrons. The lowest BCUT2D eigenvalue weighted by Crippen LogP contribution is -2.40. The van der Waals surface area contributed by atoms with Gasteiger partial charge in [-0.3, -0.25) is 14.9 Å². The van der Waals surface area contributed by atoms with Gasteiger partial charge in [-0.15, -0.1) is 0 Å². The van der Waals surface area contributed by atoms with E-state index >= 15 is 0 Å². The van der Waals surface area contributed by atoms with E-state index < -0.39 is 0 Å². The molecular formula is C17H23N3O3. The lowest BCUT2D eigenvalue weighted by molar-refractivity contribution is -0.385. The molecule has 0 saturated heterocycles. The van der Waals surface area contributed by atoms with Crippen molar-refractivity contribution in [1.82, 2.24) is 0 Å². The first-order valence-electron chi connectivity index (χ1n) is 8.33. The molecule has 1 amide bonds. The Balaban J connectivity index is 1.81. The highest BCUT2D eigenvalue weighted by molar-refractivity contribution is 5.96. The lowest BCUT2D eigenvalue weighted by atomic mass is 9.71. The number of amides is 1. The smallest absolute Gasteiger partial charge is 0.274 e. The molecule has 0 bridgehead atoms. The number of hydrogen-bond acceptors (Lipinski definition) is 4. The van der Waals surface area contributed by atoms with Crippen molar-refractivity contribution in [1.29, 1.82) is 0 Å². The van der Waals surface area contributed by atoms with Gasteiger partial charge < -0.3 is 10.6 Å². The van der Waals surface area contributed by atoms with E-state index in [1.165, 1.54) is 12.5 Å².